The number of unbranched alkanes of at least 4 members (excludes halogenated alkanes) is 22. The van der Waals surface area contributed by atoms with Crippen molar-refractivity contribution in [1.82, 2.24) is 0 Å². The van der Waals surface area contributed by atoms with Gasteiger partial charge >= 0.3 is 6.47 Å². The lowest BCUT2D eigenvalue weighted by Gasteiger charge is -2.04. The lowest BCUT2D eigenvalue weighted by Crippen LogP contribution is -1.91. The Morgan fingerprint density at radius 3 is 1.12 bits per heavy atom. The monoisotopic (exact) mass is 471 g/mol. The van der Waals surface area contributed by atoms with Crippen LogP contribution >= 0.6 is 0 Å². The first-order valence-electron chi connectivity index (χ1n) is 15.0. The molecule has 195 valence electrons. The van der Waals surface area contributed by atoms with Gasteiger partial charge in [-0.1, -0.05) is 165 Å². The van der Waals surface area contributed by atoms with Crippen LogP contribution in [0.3, 0.4) is 0 Å². The first-order chi connectivity index (χ1) is 16.9. The van der Waals surface area contributed by atoms with E-state index in [-0.39, 0.29) is 0 Å². The Hall–Kier alpha value is -1.31. The quantitative estimate of drug-likeness (QED) is 0.119. The molecule has 2 nitrogen and oxygen atoms in total. The molecule has 0 saturated heterocycles. The molecule has 0 aliphatic carbocycles. The van der Waals surface area contributed by atoms with Crippen molar-refractivity contribution in [2.45, 2.75) is 154 Å². The van der Waals surface area contributed by atoms with Crippen LogP contribution in [0.1, 0.15) is 153 Å². The van der Waals surface area contributed by atoms with E-state index in [2.05, 4.69) is 35.1 Å². The van der Waals surface area contributed by atoms with Crippen molar-refractivity contribution in [2.24, 2.45) is 0 Å². The molecular formula is C32H55O2. The van der Waals surface area contributed by atoms with Gasteiger partial charge in [0.15, 0.2) is 0 Å². The topological polar surface area (TPSA) is 26.3 Å². The molecule has 0 fully saturated rings. The van der Waals surface area contributed by atoms with Crippen molar-refractivity contribution in [2.75, 3.05) is 6.61 Å². The Morgan fingerprint density at radius 2 is 0.765 bits per heavy atom. The van der Waals surface area contributed by atoms with E-state index in [1.54, 1.807) is 0 Å². The maximum absolute atomic E-state index is 9.91. The number of carbonyl (C=O) groups excluding carboxylic acids is 1. The summed E-state index contributed by atoms with van der Waals surface area (Å²) in [6, 6.07) is 10.9. The van der Waals surface area contributed by atoms with E-state index >= 15 is 0 Å². The van der Waals surface area contributed by atoms with Crippen LogP contribution < -0.4 is 0 Å². The van der Waals surface area contributed by atoms with Crippen LogP contribution in [0.15, 0.2) is 30.3 Å². The fraction of sp³-hybridized carbons (Fsp3) is 0.781. The predicted octanol–water partition coefficient (Wildman–Crippen LogP) is 10.3. The molecule has 0 aliphatic rings. The van der Waals surface area contributed by atoms with Crippen LogP contribution in [0.2, 0.25) is 0 Å². The Kier molecular flexibility index (Phi) is 23.8. The van der Waals surface area contributed by atoms with Crippen LogP contribution in [-0.4, -0.2) is 13.1 Å². The molecule has 0 aromatic heterocycles. The summed E-state index contributed by atoms with van der Waals surface area (Å²) in [5.74, 6) is 0. The zero-order chi connectivity index (χ0) is 24.2. The summed E-state index contributed by atoms with van der Waals surface area (Å²) in [4.78, 5) is 9.91. The minimum atomic E-state index is 0.542. The van der Waals surface area contributed by atoms with Crippen molar-refractivity contribution in [1.29, 1.82) is 0 Å². The van der Waals surface area contributed by atoms with Crippen LogP contribution in [0, 0.1) is 0 Å². The standard InChI is InChI=1S/C32H55O2/c33-31-34-30-26-21-19-17-15-13-11-9-7-5-3-1-2-4-6-8-10-12-14-16-18-20-23-27-32-28-24-22-25-29-32/h22,24-25,28-29H,1-21,23,26-27,30H2. The third-order valence-electron chi connectivity index (χ3n) is 7.11. The van der Waals surface area contributed by atoms with Gasteiger partial charge < -0.3 is 4.74 Å². The number of benzene rings is 1. The average Bonchev–Trinajstić information content (AvgIpc) is 2.87. The van der Waals surface area contributed by atoms with Gasteiger partial charge in [0.1, 0.15) is 0 Å². The summed E-state index contributed by atoms with van der Waals surface area (Å²) >= 11 is 0. The maximum Gasteiger partial charge on any atom is 0.417 e. The third kappa shape index (κ3) is 22.5. The summed E-state index contributed by atoms with van der Waals surface area (Å²) in [6.45, 7) is 2.03. The lowest BCUT2D eigenvalue weighted by molar-refractivity contribution is 0.268. The number of rotatable bonds is 27. The van der Waals surface area contributed by atoms with E-state index in [9.17, 15) is 4.79 Å². The van der Waals surface area contributed by atoms with Gasteiger partial charge in [0, 0.05) is 0 Å². The highest BCUT2D eigenvalue weighted by Gasteiger charge is 1.97. The van der Waals surface area contributed by atoms with E-state index in [0.29, 0.717) is 6.61 Å². The van der Waals surface area contributed by atoms with Crippen molar-refractivity contribution in [3.8, 4) is 0 Å². The van der Waals surface area contributed by atoms with Gasteiger partial charge in [0.25, 0.3) is 0 Å². The number of hydrogen-bond donors (Lipinski definition) is 0. The van der Waals surface area contributed by atoms with Crippen molar-refractivity contribution in [3.63, 3.8) is 0 Å². The normalized spacial score (nSPS) is 11.1. The smallest absolute Gasteiger partial charge is 0.417 e. The van der Waals surface area contributed by atoms with Crippen molar-refractivity contribution < 1.29 is 9.53 Å². The molecule has 0 N–H and O–H groups in total. The fourth-order valence-corrected chi connectivity index (χ4v) is 4.90. The summed E-state index contributed by atoms with van der Waals surface area (Å²) < 4.78 is 4.59. The van der Waals surface area contributed by atoms with E-state index in [4.69, 9.17) is 0 Å². The summed E-state index contributed by atoms with van der Waals surface area (Å²) in [7, 11) is 0. The molecule has 1 rings (SSSR count). The molecule has 1 radical (unpaired) electrons. The van der Waals surface area contributed by atoms with Gasteiger partial charge in [-0.2, -0.15) is 0 Å². The van der Waals surface area contributed by atoms with E-state index in [1.807, 2.05) is 0 Å². The molecule has 0 amide bonds. The molecule has 1 aromatic carbocycles. The van der Waals surface area contributed by atoms with Crippen LogP contribution in [0.25, 0.3) is 0 Å². The van der Waals surface area contributed by atoms with Crippen molar-refractivity contribution >= 4 is 6.47 Å². The second kappa shape index (κ2) is 26.3. The highest BCUT2D eigenvalue weighted by Crippen LogP contribution is 2.16. The minimum absolute atomic E-state index is 0.542. The van der Waals surface area contributed by atoms with Gasteiger partial charge in [0.05, 0.1) is 6.61 Å². The van der Waals surface area contributed by atoms with Crippen LogP contribution in [0.5, 0.6) is 0 Å². The maximum atomic E-state index is 9.91. The zero-order valence-electron chi connectivity index (χ0n) is 22.4. The average molecular weight is 472 g/mol. The first kappa shape index (κ1) is 30.7. The molecule has 2 heteroatoms. The zero-order valence-corrected chi connectivity index (χ0v) is 22.4. The molecule has 0 aliphatic heterocycles. The summed E-state index contributed by atoms with van der Waals surface area (Å²) in [5.41, 5.74) is 1.50. The number of ether oxygens (including phenoxy) is 1. The Morgan fingerprint density at radius 1 is 0.441 bits per heavy atom. The molecule has 0 bridgehead atoms. The van der Waals surface area contributed by atoms with E-state index in [0.717, 1.165) is 6.42 Å². The van der Waals surface area contributed by atoms with Crippen LogP contribution in [0.4, 0.5) is 0 Å². The Balaban J connectivity index is 1.64. The molecule has 1 aromatic rings. The Labute approximate surface area is 212 Å². The largest absolute Gasteiger partial charge is 0.457 e. The first-order valence-corrected chi connectivity index (χ1v) is 15.0. The predicted molar refractivity (Wildman–Crippen MR) is 148 cm³/mol. The van der Waals surface area contributed by atoms with Gasteiger partial charge in [0.2, 0.25) is 0 Å². The second-order valence-corrected chi connectivity index (χ2v) is 10.3. The highest BCUT2D eigenvalue weighted by atomic mass is 16.5. The molecule has 0 heterocycles. The molecule has 34 heavy (non-hydrogen) atoms. The van der Waals surface area contributed by atoms with Gasteiger partial charge in [-0.3, -0.25) is 0 Å². The molecular weight excluding hydrogens is 416 g/mol. The molecule has 0 spiro atoms. The van der Waals surface area contributed by atoms with E-state index in [1.165, 1.54) is 160 Å². The molecule has 0 unspecified atom stereocenters. The second-order valence-electron chi connectivity index (χ2n) is 10.3. The Bertz CT molecular complexity index is 513. The van der Waals surface area contributed by atoms with E-state index < -0.39 is 0 Å². The van der Waals surface area contributed by atoms with Gasteiger partial charge in [-0.15, -0.1) is 0 Å². The number of hydrogen-bond acceptors (Lipinski definition) is 2. The van der Waals surface area contributed by atoms with Crippen LogP contribution in [-0.2, 0) is 16.0 Å². The summed E-state index contributed by atoms with van der Waals surface area (Å²) in [5, 5.41) is 0. The lowest BCUT2D eigenvalue weighted by atomic mass is 10.0. The summed E-state index contributed by atoms with van der Waals surface area (Å²) in [6.07, 6.45) is 33.2. The molecule has 0 saturated carbocycles. The molecule has 0 atom stereocenters. The highest BCUT2D eigenvalue weighted by molar-refractivity contribution is 5.37. The minimum Gasteiger partial charge on any atom is -0.457 e. The third-order valence-corrected chi connectivity index (χ3v) is 7.11. The fourth-order valence-electron chi connectivity index (χ4n) is 4.90. The SMILES string of the molecule is O=[C]OCCCCCCCCCCCCCCCCCCCCCCCCCc1ccccc1. The van der Waals surface area contributed by atoms with Gasteiger partial charge in [-0.05, 0) is 24.8 Å². The van der Waals surface area contributed by atoms with Gasteiger partial charge in [-0.25, -0.2) is 4.79 Å². The van der Waals surface area contributed by atoms with Crippen molar-refractivity contribution in [3.05, 3.63) is 35.9 Å². The number of aryl methyl sites for hydroxylation is 1.